The van der Waals surface area contributed by atoms with Gasteiger partial charge in [-0.25, -0.2) is 4.79 Å². The lowest BCUT2D eigenvalue weighted by Crippen LogP contribution is -2.04. The van der Waals surface area contributed by atoms with Crippen LogP contribution in [0.15, 0.2) is 48.5 Å². The zero-order chi connectivity index (χ0) is 20.4. The first-order chi connectivity index (χ1) is 13.5. The fraction of sp³-hybridized carbons (Fsp3) is 0.304. The van der Waals surface area contributed by atoms with Crippen LogP contribution in [0.3, 0.4) is 0 Å². The van der Waals surface area contributed by atoms with Gasteiger partial charge in [-0.2, -0.15) is 0 Å². The molecule has 0 aromatic heterocycles. The van der Waals surface area contributed by atoms with E-state index in [1.54, 1.807) is 43.5 Å². The monoisotopic (exact) mass is 382 g/mol. The zero-order valence-corrected chi connectivity index (χ0v) is 16.6. The summed E-state index contributed by atoms with van der Waals surface area (Å²) in [6.45, 7) is 4.28. The summed E-state index contributed by atoms with van der Waals surface area (Å²) >= 11 is 0. The van der Waals surface area contributed by atoms with Crippen molar-refractivity contribution in [3.63, 3.8) is 0 Å². The van der Waals surface area contributed by atoms with Crippen LogP contribution < -0.4 is 14.2 Å². The molecular weight excluding hydrogens is 356 g/mol. The van der Waals surface area contributed by atoms with Crippen LogP contribution in [0.5, 0.6) is 17.2 Å². The van der Waals surface area contributed by atoms with Gasteiger partial charge in [-0.1, -0.05) is 25.8 Å². The molecule has 2 aromatic rings. The van der Waals surface area contributed by atoms with Crippen LogP contribution >= 0.6 is 0 Å². The Hall–Kier alpha value is -3.08. The second kappa shape index (κ2) is 10.9. The Labute approximate surface area is 165 Å². The van der Waals surface area contributed by atoms with E-state index in [4.69, 9.17) is 14.2 Å². The topological polar surface area (TPSA) is 61.8 Å². The van der Waals surface area contributed by atoms with Crippen LogP contribution in [0, 0.1) is 0 Å². The summed E-state index contributed by atoms with van der Waals surface area (Å²) in [6, 6.07) is 11.9. The number of methoxy groups -OCH3 is 1. The van der Waals surface area contributed by atoms with Crippen LogP contribution in [0.25, 0.3) is 6.08 Å². The second-order valence-corrected chi connectivity index (χ2v) is 6.30. The lowest BCUT2D eigenvalue weighted by Gasteiger charge is -2.11. The number of hydrogen-bond donors (Lipinski definition) is 0. The highest BCUT2D eigenvalue weighted by Crippen LogP contribution is 2.28. The lowest BCUT2D eigenvalue weighted by atomic mass is 10.1. The third-order valence-corrected chi connectivity index (χ3v) is 4.08. The number of unbranched alkanes of at least 4 members (excludes halogenated alkanes) is 2. The minimum atomic E-state index is -0.505. The number of ketones is 1. The van der Waals surface area contributed by atoms with Gasteiger partial charge in [0.15, 0.2) is 17.3 Å². The highest BCUT2D eigenvalue weighted by molar-refractivity contribution is 5.94. The van der Waals surface area contributed by atoms with Gasteiger partial charge < -0.3 is 14.2 Å². The average Bonchev–Trinajstić information content (AvgIpc) is 2.70. The van der Waals surface area contributed by atoms with E-state index < -0.39 is 5.97 Å². The van der Waals surface area contributed by atoms with Crippen LogP contribution in [0.4, 0.5) is 0 Å². The van der Waals surface area contributed by atoms with E-state index >= 15 is 0 Å². The average molecular weight is 382 g/mol. The number of ether oxygens (including phenoxy) is 3. The molecule has 5 heteroatoms. The maximum Gasteiger partial charge on any atom is 0.336 e. The van der Waals surface area contributed by atoms with Gasteiger partial charge in [0, 0.05) is 11.6 Å². The van der Waals surface area contributed by atoms with Gasteiger partial charge in [-0.05, 0) is 61.4 Å². The van der Waals surface area contributed by atoms with Crippen LogP contribution in [0.2, 0.25) is 0 Å². The van der Waals surface area contributed by atoms with Crippen molar-refractivity contribution in [2.45, 2.75) is 33.1 Å². The number of hydrogen-bond acceptors (Lipinski definition) is 5. The van der Waals surface area contributed by atoms with Crippen molar-refractivity contribution < 1.29 is 23.8 Å². The predicted molar refractivity (Wildman–Crippen MR) is 109 cm³/mol. The third-order valence-electron chi connectivity index (χ3n) is 4.08. The molecule has 0 aliphatic carbocycles. The molecule has 28 heavy (non-hydrogen) atoms. The van der Waals surface area contributed by atoms with E-state index in [1.165, 1.54) is 13.0 Å². The first-order valence-electron chi connectivity index (χ1n) is 9.35. The molecule has 0 aliphatic rings. The molecule has 0 fully saturated rings. The first kappa shape index (κ1) is 21.2. The van der Waals surface area contributed by atoms with Crippen LogP contribution in [0.1, 0.15) is 49.0 Å². The molecule has 0 atom stereocenters. The van der Waals surface area contributed by atoms with Gasteiger partial charge >= 0.3 is 5.97 Å². The number of rotatable bonds is 10. The molecule has 0 heterocycles. The largest absolute Gasteiger partial charge is 0.493 e. The van der Waals surface area contributed by atoms with Crippen LogP contribution in [-0.2, 0) is 4.79 Å². The van der Waals surface area contributed by atoms with Gasteiger partial charge in [0.05, 0.1) is 13.7 Å². The summed E-state index contributed by atoms with van der Waals surface area (Å²) in [4.78, 5) is 23.3. The molecule has 0 amide bonds. The molecule has 148 valence electrons. The SMILES string of the molecule is CCCCCOc1ccc(/C=C/C(=O)Oc2ccc(C(C)=O)cc2)cc1OC. The minimum absolute atomic E-state index is 0.0375. The van der Waals surface area contributed by atoms with Gasteiger partial charge in [0.2, 0.25) is 0 Å². The number of esters is 1. The quantitative estimate of drug-likeness (QED) is 0.188. The fourth-order valence-corrected chi connectivity index (χ4v) is 2.51. The molecule has 0 spiro atoms. The second-order valence-electron chi connectivity index (χ2n) is 6.30. The Morgan fingerprint density at radius 1 is 1.00 bits per heavy atom. The number of carbonyl (C=O) groups is 2. The van der Waals surface area contributed by atoms with E-state index in [0.29, 0.717) is 29.4 Å². The van der Waals surface area contributed by atoms with Crippen molar-refractivity contribution in [2.75, 3.05) is 13.7 Å². The van der Waals surface area contributed by atoms with E-state index in [0.717, 1.165) is 24.8 Å². The van der Waals surface area contributed by atoms with E-state index in [1.807, 2.05) is 12.1 Å². The maximum atomic E-state index is 12.0. The number of benzene rings is 2. The van der Waals surface area contributed by atoms with Gasteiger partial charge in [0.25, 0.3) is 0 Å². The molecule has 0 saturated carbocycles. The molecule has 5 nitrogen and oxygen atoms in total. The summed E-state index contributed by atoms with van der Waals surface area (Å²) < 4.78 is 16.4. The van der Waals surface area contributed by atoms with Crippen LogP contribution in [-0.4, -0.2) is 25.5 Å². The van der Waals surface area contributed by atoms with Crippen molar-refractivity contribution in [1.82, 2.24) is 0 Å². The first-order valence-corrected chi connectivity index (χ1v) is 9.35. The molecular formula is C23H26O5. The Balaban J connectivity index is 1.96. The Morgan fingerprint density at radius 2 is 1.75 bits per heavy atom. The summed E-state index contributed by atoms with van der Waals surface area (Å²) in [5, 5.41) is 0. The summed E-state index contributed by atoms with van der Waals surface area (Å²) in [5.74, 6) is 1.14. The molecule has 0 radical (unpaired) electrons. The van der Waals surface area contributed by atoms with E-state index in [-0.39, 0.29) is 5.78 Å². The third kappa shape index (κ3) is 6.58. The molecule has 0 saturated heterocycles. The number of Topliss-reactive ketones (excluding diaryl/α,β-unsaturated/α-hetero) is 1. The molecule has 0 unspecified atom stereocenters. The van der Waals surface area contributed by atoms with Crippen molar-refractivity contribution in [3.8, 4) is 17.2 Å². The molecule has 2 aromatic carbocycles. The smallest absolute Gasteiger partial charge is 0.336 e. The number of carbonyl (C=O) groups excluding carboxylic acids is 2. The molecule has 2 rings (SSSR count). The summed E-state index contributed by atoms with van der Waals surface area (Å²) in [6.07, 6.45) is 6.26. The van der Waals surface area contributed by atoms with Crippen molar-refractivity contribution >= 4 is 17.8 Å². The Bertz CT molecular complexity index is 821. The normalized spacial score (nSPS) is 10.7. The summed E-state index contributed by atoms with van der Waals surface area (Å²) in [7, 11) is 1.58. The highest BCUT2D eigenvalue weighted by Gasteiger charge is 2.06. The van der Waals surface area contributed by atoms with Gasteiger partial charge in [-0.3, -0.25) is 4.79 Å². The van der Waals surface area contributed by atoms with E-state index in [9.17, 15) is 9.59 Å². The van der Waals surface area contributed by atoms with Crippen molar-refractivity contribution in [1.29, 1.82) is 0 Å². The zero-order valence-electron chi connectivity index (χ0n) is 16.6. The lowest BCUT2D eigenvalue weighted by molar-refractivity contribution is -0.128. The Kier molecular flexibility index (Phi) is 8.28. The molecule has 0 bridgehead atoms. The van der Waals surface area contributed by atoms with Crippen molar-refractivity contribution in [2.24, 2.45) is 0 Å². The highest BCUT2D eigenvalue weighted by atomic mass is 16.5. The van der Waals surface area contributed by atoms with Gasteiger partial charge in [0.1, 0.15) is 5.75 Å². The fourth-order valence-electron chi connectivity index (χ4n) is 2.51. The van der Waals surface area contributed by atoms with Gasteiger partial charge in [-0.15, -0.1) is 0 Å². The van der Waals surface area contributed by atoms with Crippen molar-refractivity contribution in [3.05, 3.63) is 59.7 Å². The standard InChI is InChI=1S/C23H26O5/c1-4-5-6-15-27-21-13-7-18(16-22(21)26-3)8-14-23(25)28-20-11-9-19(10-12-20)17(2)24/h7-14,16H,4-6,15H2,1-3H3/b14-8+. The molecule has 0 N–H and O–H groups in total. The van der Waals surface area contributed by atoms with E-state index in [2.05, 4.69) is 6.92 Å². The Morgan fingerprint density at radius 3 is 2.39 bits per heavy atom. The predicted octanol–water partition coefficient (Wildman–Crippen LogP) is 5.09. The summed E-state index contributed by atoms with van der Waals surface area (Å²) in [5.41, 5.74) is 1.36. The maximum absolute atomic E-state index is 12.0. The molecule has 0 aliphatic heterocycles. The minimum Gasteiger partial charge on any atom is -0.493 e.